The molecular weight excluding hydrogens is 254 g/mol. The number of thioether (sulfide) groups is 1. The minimum absolute atomic E-state index is 0.341. The van der Waals surface area contributed by atoms with Gasteiger partial charge in [-0.1, -0.05) is 38.1 Å². The molecule has 1 aliphatic rings. The molecule has 2 nitrogen and oxygen atoms in total. The van der Waals surface area contributed by atoms with E-state index in [-0.39, 0.29) is 0 Å². The molecule has 1 N–H and O–H groups in total. The third kappa shape index (κ3) is 4.23. The Balaban J connectivity index is 1.97. The molecule has 0 saturated carbocycles. The fourth-order valence-corrected chi connectivity index (χ4v) is 3.39. The predicted octanol–water partition coefficient (Wildman–Crippen LogP) is 3.07. The van der Waals surface area contributed by atoms with Crippen LogP contribution in [-0.4, -0.2) is 37.3 Å². The van der Waals surface area contributed by atoms with Crippen LogP contribution in [0, 0.1) is 0 Å². The monoisotopic (exact) mass is 279 g/mol. The van der Waals surface area contributed by atoms with Crippen LogP contribution < -0.4 is 5.32 Å². The van der Waals surface area contributed by atoms with Gasteiger partial charge in [0.25, 0.3) is 0 Å². The first-order chi connectivity index (χ1) is 9.20. The highest BCUT2D eigenvalue weighted by Crippen LogP contribution is 2.19. The van der Waals surface area contributed by atoms with Gasteiger partial charge in [-0.15, -0.1) is 0 Å². The molecule has 1 saturated heterocycles. The van der Waals surface area contributed by atoms with Crippen LogP contribution in [0.2, 0.25) is 0 Å². The maximum Gasteiger partial charge on any atom is 0.0821 e. The van der Waals surface area contributed by atoms with Crippen LogP contribution in [0.15, 0.2) is 24.3 Å². The fraction of sp³-hybridized carbons (Fsp3) is 0.625. The SMILES string of the molecule is CNC(Cc1ccc(C(C)C)cc1)C1CSCCO1. The molecule has 0 spiro atoms. The van der Waals surface area contributed by atoms with Crippen molar-refractivity contribution in [1.82, 2.24) is 5.32 Å². The van der Waals surface area contributed by atoms with Crippen molar-refractivity contribution < 1.29 is 4.74 Å². The van der Waals surface area contributed by atoms with Gasteiger partial charge in [-0.3, -0.25) is 0 Å². The summed E-state index contributed by atoms with van der Waals surface area (Å²) in [5, 5.41) is 3.42. The van der Waals surface area contributed by atoms with Gasteiger partial charge in [-0.25, -0.2) is 0 Å². The number of hydrogen-bond acceptors (Lipinski definition) is 3. The highest BCUT2D eigenvalue weighted by molar-refractivity contribution is 7.99. The Morgan fingerprint density at radius 2 is 2.05 bits per heavy atom. The second-order valence-electron chi connectivity index (χ2n) is 5.48. The zero-order valence-corrected chi connectivity index (χ0v) is 13.0. The first-order valence-corrected chi connectivity index (χ1v) is 8.31. The lowest BCUT2D eigenvalue weighted by Gasteiger charge is -2.30. The lowest BCUT2D eigenvalue weighted by molar-refractivity contribution is 0.0492. The Kier molecular flexibility index (Phi) is 5.74. The molecule has 1 aliphatic heterocycles. The number of nitrogens with one attached hydrogen (secondary N) is 1. The molecule has 2 atom stereocenters. The molecule has 1 aromatic carbocycles. The highest BCUT2D eigenvalue weighted by atomic mass is 32.2. The molecule has 1 heterocycles. The number of hydrogen-bond donors (Lipinski definition) is 1. The minimum Gasteiger partial charge on any atom is -0.375 e. The summed E-state index contributed by atoms with van der Waals surface area (Å²) in [4.78, 5) is 0. The van der Waals surface area contributed by atoms with Gasteiger partial charge in [0.15, 0.2) is 0 Å². The van der Waals surface area contributed by atoms with Crippen molar-refractivity contribution in [3.63, 3.8) is 0 Å². The first kappa shape index (κ1) is 14.9. The zero-order chi connectivity index (χ0) is 13.7. The maximum atomic E-state index is 5.88. The lowest BCUT2D eigenvalue weighted by atomic mass is 9.97. The van der Waals surface area contributed by atoms with E-state index in [1.165, 1.54) is 11.1 Å². The Morgan fingerprint density at radius 1 is 1.32 bits per heavy atom. The van der Waals surface area contributed by atoms with Crippen LogP contribution in [-0.2, 0) is 11.2 Å². The van der Waals surface area contributed by atoms with Crippen LogP contribution in [0.5, 0.6) is 0 Å². The van der Waals surface area contributed by atoms with Gasteiger partial charge in [0.2, 0.25) is 0 Å². The second-order valence-corrected chi connectivity index (χ2v) is 6.63. The predicted molar refractivity (Wildman–Crippen MR) is 84.1 cm³/mol. The summed E-state index contributed by atoms with van der Waals surface area (Å²) in [7, 11) is 2.04. The molecule has 3 heteroatoms. The summed E-state index contributed by atoms with van der Waals surface area (Å²) in [5.41, 5.74) is 2.80. The highest BCUT2D eigenvalue weighted by Gasteiger charge is 2.23. The third-order valence-corrected chi connectivity index (χ3v) is 4.78. The Morgan fingerprint density at radius 3 is 2.58 bits per heavy atom. The molecular formula is C16H25NOS. The summed E-state index contributed by atoms with van der Waals surface area (Å²) in [6.45, 7) is 5.36. The smallest absolute Gasteiger partial charge is 0.0821 e. The molecule has 1 fully saturated rings. The summed E-state index contributed by atoms with van der Waals surface area (Å²) in [6, 6.07) is 9.44. The standard InChI is InChI=1S/C16H25NOS/c1-12(2)14-6-4-13(5-7-14)10-15(17-3)16-11-19-9-8-18-16/h4-7,12,15-17H,8-11H2,1-3H3. The van der Waals surface area contributed by atoms with E-state index in [4.69, 9.17) is 4.74 Å². The molecule has 2 rings (SSSR count). The lowest BCUT2D eigenvalue weighted by Crippen LogP contribution is -2.44. The van der Waals surface area contributed by atoms with E-state index in [0.717, 1.165) is 24.5 Å². The number of likely N-dealkylation sites (N-methyl/N-ethyl adjacent to an activating group) is 1. The molecule has 19 heavy (non-hydrogen) atoms. The molecule has 0 aliphatic carbocycles. The van der Waals surface area contributed by atoms with Crippen LogP contribution in [0.4, 0.5) is 0 Å². The maximum absolute atomic E-state index is 5.88. The van der Waals surface area contributed by atoms with Crippen molar-refractivity contribution in [1.29, 1.82) is 0 Å². The van der Waals surface area contributed by atoms with Crippen molar-refractivity contribution in [2.75, 3.05) is 25.2 Å². The molecule has 2 unspecified atom stereocenters. The largest absolute Gasteiger partial charge is 0.375 e. The Bertz CT molecular complexity index is 371. The van der Waals surface area contributed by atoms with Gasteiger partial charge in [-0.05, 0) is 30.5 Å². The van der Waals surface area contributed by atoms with E-state index in [1.54, 1.807) is 0 Å². The second kappa shape index (κ2) is 7.32. The first-order valence-electron chi connectivity index (χ1n) is 7.16. The van der Waals surface area contributed by atoms with Crippen molar-refractivity contribution >= 4 is 11.8 Å². The van der Waals surface area contributed by atoms with Crippen LogP contribution in [0.25, 0.3) is 0 Å². The van der Waals surface area contributed by atoms with E-state index >= 15 is 0 Å². The van der Waals surface area contributed by atoms with Crippen molar-refractivity contribution in [2.24, 2.45) is 0 Å². The Labute approximate surface area is 121 Å². The topological polar surface area (TPSA) is 21.3 Å². The van der Waals surface area contributed by atoms with E-state index in [2.05, 4.69) is 43.4 Å². The van der Waals surface area contributed by atoms with Gasteiger partial charge in [0.05, 0.1) is 12.7 Å². The van der Waals surface area contributed by atoms with E-state index in [0.29, 0.717) is 18.1 Å². The number of ether oxygens (including phenoxy) is 1. The molecule has 0 amide bonds. The molecule has 106 valence electrons. The third-order valence-electron chi connectivity index (χ3n) is 3.76. The zero-order valence-electron chi connectivity index (χ0n) is 12.2. The van der Waals surface area contributed by atoms with Crippen molar-refractivity contribution in [3.8, 4) is 0 Å². The van der Waals surface area contributed by atoms with Crippen LogP contribution >= 0.6 is 11.8 Å². The number of rotatable bonds is 5. The van der Waals surface area contributed by atoms with E-state index in [9.17, 15) is 0 Å². The number of benzene rings is 1. The van der Waals surface area contributed by atoms with Crippen LogP contribution in [0.3, 0.4) is 0 Å². The molecule has 0 aromatic heterocycles. The van der Waals surface area contributed by atoms with Crippen molar-refractivity contribution in [3.05, 3.63) is 35.4 Å². The Hall–Kier alpha value is -0.510. The van der Waals surface area contributed by atoms with Gasteiger partial charge < -0.3 is 10.1 Å². The van der Waals surface area contributed by atoms with Gasteiger partial charge in [-0.2, -0.15) is 11.8 Å². The summed E-state index contributed by atoms with van der Waals surface area (Å²) in [5.74, 6) is 2.85. The van der Waals surface area contributed by atoms with Gasteiger partial charge in [0, 0.05) is 17.5 Å². The summed E-state index contributed by atoms with van der Waals surface area (Å²) in [6.07, 6.45) is 1.38. The average Bonchev–Trinajstić information content (AvgIpc) is 2.46. The van der Waals surface area contributed by atoms with E-state index in [1.807, 2.05) is 18.8 Å². The fourth-order valence-electron chi connectivity index (χ4n) is 2.45. The normalized spacial score (nSPS) is 21.6. The van der Waals surface area contributed by atoms with E-state index < -0.39 is 0 Å². The van der Waals surface area contributed by atoms with Gasteiger partial charge >= 0.3 is 0 Å². The summed E-state index contributed by atoms with van der Waals surface area (Å²) >= 11 is 2.00. The molecule has 1 aromatic rings. The average molecular weight is 279 g/mol. The molecule has 0 bridgehead atoms. The minimum atomic E-state index is 0.341. The van der Waals surface area contributed by atoms with Gasteiger partial charge in [0.1, 0.15) is 0 Å². The molecule has 0 radical (unpaired) electrons. The van der Waals surface area contributed by atoms with Crippen molar-refractivity contribution in [2.45, 2.75) is 38.3 Å². The quantitative estimate of drug-likeness (QED) is 0.895. The summed E-state index contributed by atoms with van der Waals surface area (Å²) < 4.78 is 5.88. The van der Waals surface area contributed by atoms with Crippen LogP contribution in [0.1, 0.15) is 30.9 Å².